The van der Waals surface area contributed by atoms with Crippen LogP contribution in [0.4, 0.5) is 0 Å². The molecule has 0 amide bonds. The summed E-state index contributed by atoms with van der Waals surface area (Å²) in [6.45, 7) is 3.83. The largest absolute Gasteiger partial charge is 0.467 e. The van der Waals surface area contributed by atoms with Crippen molar-refractivity contribution in [2.24, 2.45) is 5.92 Å². The summed E-state index contributed by atoms with van der Waals surface area (Å²) in [5.41, 5.74) is 0. The van der Waals surface area contributed by atoms with Crippen molar-refractivity contribution in [1.29, 1.82) is 0 Å². The Hall–Kier alpha value is -1.96. The van der Waals surface area contributed by atoms with Crippen LogP contribution in [0.15, 0.2) is 0 Å². The molecule has 8 heteroatoms. The highest BCUT2D eigenvalue weighted by atomic mass is 16.6. The zero-order valence-corrected chi connectivity index (χ0v) is 13.7. The lowest BCUT2D eigenvalue weighted by atomic mass is 9.85. The second-order valence-electron chi connectivity index (χ2n) is 5.40. The van der Waals surface area contributed by atoms with Gasteiger partial charge >= 0.3 is 17.9 Å². The summed E-state index contributed by atoms with van der Waals surface area (Å²) in [6, 6.07) is 0. The number of hydrogen-bond donors (Lipinski definition) is 0. The third-order valence-corrected chi connectivity index (χ3v) is 3.52. The average Bonchev–Trinajstić information content (AvgIpc) is 2.44. The lowest BCUT2D eigenvalue weighted by molar-refractivity contribution is -0.209. The van der Waals surface area contributed by atoms with Crippen molar-refractivity contribution in [1.82, 2.24) is 0 Å². The minimum Gasteiger partial charge on any atom is -0.467 e. The quantitative estimate of drug-likeness (QED) is 0.509. The Bertz CT molecular complexity index is 472. The Kier molecular flexibility index (Phi) is 7.15. The summed E-state index contributed by atoms with van der Waals surface area (Å²) >= 11 is 0. The van der Waals surface area contributed by atoms with Crippen molar-refractivity contribution >= 4 is 23.7 Å². The third-order valence-electron chi connectivity index (χ3n) is 3.52. The van der Waals surface area contributed by atoms with Crippen molar-refractivity contribution in [2.45, 2.75) is 51.9 Å². The second-order valence-corrected chi connectivity index (χ2v) is 5.40. The zero-order valence-electron chi connectivity index (χ0n) is 13.7. The van der Waals surface area contributed by atoms with Gasteiger partial charge in [0, 0.05) is 26.2 Å². The van der Waals surface area contributed by atoms with Crippen molar-refractivity contribution in [3.63, 3.8) is 0 Å². The molecule has 1 aliphatic heterocycles. The molecule has 0 unspecified atom stereocenters. The molecule has 23 heavy (non-hydrogen) atoms. The van der Waals surface area contributed by atoms with E-state index in [0.717, 1.165) is 0 Å². The van der Waals surface area contributed by atoms with Crippen LogP contribution in [0.5, 0.6) is 0 Å². The molecule has 1 saturated heterocycles. The SMILES string of the molecule is COC(=O)[C@H]1OC[C@H](OC(C)=O)[C@@H](CCC(C)=O)[C@@H]1OC(C)=O. The molecule has 0 aromatic heterocycles. The van der Waals surface area contributed by atoms with Gasteiger partial charge in [-0.15, -0.1) is 0 Å². The molecule has 130 valence electrons. The fourth-order valence-corrected chi connectivity index (χ4v) is 2.57. The molecule has 4 atom stereocenters. The first-order valence-corrected chi connectivity index (χ1v) is 7.29. The van der Waals surface area contributed by atoms with Gasteiger partial charge in [0.05, 0.1) is 13.7 Å². The first-order valence-electron chi connectivity index (χ1n) is 7.29. The van der Waals surface area contributed by atoms with Crippen molar-refractivity contribution in [3.05, 3.63) is 0 Å². The Morgan fingerprint density at radius 3 is 2.13 bits per heavy atom. The Labute approximate surface area is 134 Å². The van der Waals surface area contributed by atoms with E-state index in [2.05, 4.69) is 4.74 Å². The number of methoxy groups -OCH3 is 1. The highest BCUT2D eigenvalue weighted by Gasteiger charge is 2.47. The van der Waals surface area contributed by atoms with Crippen molar-refractivity contribution in [3.8, 4) is 0 Å². The summed E-state index contributed by atoms with van der Waals surface area (Å²) in [6.07, 6.45) is -2.32. The van der Waals surface area contributed by atoms with Gasteiger partial charge in [0.1, 0.15) is 18.0 Å². The van der Waals surface area contributed by atoms with E-state index in [1.165, 1.54) is 27.9 Å². The molecule has 1 heterocycles. The van der Waals surface area contributed by atoms with Gasteiger partial charge in [-0.3, -0.25) is 9.59 Å². The predicted molar refractivity (Wildman–Crippen MR) is 76.3 cm³/mol. The van der Waals surface area contributed by atoms with Crippen LogP contribution < -0.4 is 0 Å². The predicted octanol–water partition coefficient (Wildman–Crippen LogP) is 0.407. The molecule has 0 N–H and O–H groups in total. The number of Topliss-reactive ketones (excluding diaryl/α,β-unsaturated/α-hetero) is 1. The molecular weight excluding hydrogens is 308 g/mol. The van der Waals surface area contributed by atoms with Crippen LogP contribution in [-0.4, -0.2) is 55.7 Å². The third kappa shape index (κ3) is 5.63. The van der Waals surface area contributed by atoms with E-state index in [4.69, 9.17) is 14.2 Å². The van der Waals surface area contributed by atoms with E-state index in [1.807, 2.05) is 0 Å². The van der Waals surface area contributed by atoms with Crippen LogP contribution in [0, 0.1) is 5.92 Å². The van der Waals surface area contributed by atoms with Gasteiger partial charge in [-0.05, 0) is 13.3 Å². The van der Waals surface area contributed by atoms with Crippen LogP contribution >= 0.6 is 0 Å². The monoisotopic (exact) mass is 330 g/mol. The second kappa shape index (κ2) is 8.61. The summed E-state index contributed by atoms with van der Waals surface area (Å²) in [5.74, 6) is -2.42. The Morgan fingerprint density at radius 1 is 1.04 bits per heavy atom. The molecule has 0 bridgehead atoms. The highest BCUT2D eigenvalue weighted by molar-refractivity contribution is 5.77. The number of hydrogen-bond acceptors (Lipinski definition) is 8. The van der Waals surface area contributed by atoms with E-state index < -0.39 is 42.1 Å². The summed E-state index contributed by atoms with van der Waals surface area (Å²) in [7, 11) is 1.19. The van der Waals surface area contributed by atoms with Gasteiger partial charge in [-0.2, -0.15) is 0 Å². The van der Waals surface area contributed by atoms with Gasteiger partial charge in [0.15, 0.2) is 6.10 Å². The van der Waals surface area contributed by atoms with E-state index >= 15 is 0 Å². The Balaban J connectivity index is 3.05. The first-order chi connectivity index (χ1) is 10.8. The van der Waals surface area contributed by atoms with E-state index in [0.29, 0.717) is 6.42 Å². The zero-order chi connectivity index (χ0) is 17.6. The van der Waals surface area contributed by atoms with Crippen LogP contribution in [0.1, 0.15) is 33.6 Å². The van der Waals surface area contributed by atoms with E-state index in [1.54, 1.807) is 0 Å². The molecule has 1 fully saturated rings. The van der Waals surface area contributed by atoms with Gasteiger partial charge in [0.2, 0.25) is 0 Å². The Morgan fingerprint density at radius 2 is 1.65 bits per heavy atom. The lowest BCUT2D eigenvalue weighted by Crippen LogP contribution is -2.55. The summed E-state index contributed by atoms with van der Waals surface area (Å²) in [4.78, 5) is 45.8. The standard InChI is InChI=1S/C15H22O8/c1-8(16)5-6-11-12(22-9(2)17)7-21-14(15(19)20-4)13(11)23-10(3)18/h11-14H,5-7H2,1-4H3/t11-,12+,13+,14+/m1/s1. The van der Waals surface area contributed by atoms with E-state index in [9.17, 15) is 19.2 Å². The van der Waals surface area contributed by atoms with Gasteiger partial charge in [-0.1, -0.05) is 0 Å². The minimum absolute atomic E-state index is 0.0420. The number of ether oxygens (including phenoxy) is 4. The summed E-state index contributed by atoms with van der Waals surface area (Å²) < 4.78 is 20.4. The number of esters is 3. The van der Waals surface area contributed by atoms with Gasteiger partial charge < -0.3 is 23.7 Å². The maximum absolute atomic E-state index is 11.9. The highest BCUT2D eigenvalue weighted by Crippen LogP contribution is 2.31. The topological polar surface area (TPSA) is 105 Å². The molecular formula is C15H22O8. The maximum atomic E-state index is 11.9. The molecule has 0 saturated carbocycles. The number of carbonyl (C=O) groups is 4. The van der Waals surface area contributed by atoms with Crippen molar-refractivity contribution in [2.75, 3.05) is 13.7 Å². The lowest BCUT2D eigenvalue weighted by Gasteiger charge is -2.40. The number of rotatable bonds is 6. The average molecular weight is 330 g/mol. The van der Waals surface area contributed by atoms with E-state index in [-0.39, 0.29) is 18.8 Å². The van der Waals surface area contributed by atoms with Crippen LogP contribution in [-0.2, 0) is 38.1 Å². The minimum atomic E-state index is -1.12. The smallest absolute Gasteiger partial charge is 0.338 e. The molecule has 0 aromatic carbocycles. The van der Waals surface area contributed by atoms with Crippen LogP contribution in [0.3, 0.4) is 0 Å². The maximum Gasteiger partial charge on any atom is 0.338 e. The van der Waals surface area contributed by atoms with Crippen LogP contribution in [0.2, 0.25) is 0 Å². The molecule has 0 radical (unpaired) electrons. The molecule has 0 spiro atoms. The van der Waals surface area contributed by atoms with Crippen LogP contribution in [0.25, 0.3) is 0 Å². The number of ketones is 1. The molecule has 1 aliphatic rings. The van der Waals surface area contributed by atoms with Gasteiger partial charge in [-0.25, -0.2) is 4.79 Å². The molecule has 0 aliphatic carbocycles. The fourth-order valence-electron chi connectivity index (χ4n) is 2.57. The normalized spacial score (nSPS) is 27.0. The van der Waals surface area contributed by atoms with Crippen molar-refractivity contribution < 1.29 is 38.1 Å². The number of carbonyl (C=O) groups excluding carboxylic acids is 4. The fraction of sp³-hybridized carbons (Fsp3) is 0.733. The molecule has 0 aromatic rings. The summed E-state index contributed by atoms with van der Waals surface area (Å²) in [5, 5.41) is 0. The van der Waals surface area contributed by atoms with Gasteiger partial charge in [0.25, 0.3) is 0 Å². The first kappa shape index (κ1) is 19.1. The molecule has 8 nitrogen and oxygen atoms in total. The molecule has 1 rings (SSSR count).